The molecule has 2 nitrogen and oxygen atoms in total. The monoisotopic (exact) mass is 285 g/mol. The second kappa shape index (κ2) is 4.59. The van der Waals surface area contributed by atoms with E-state index in [9.17, 15) is 5.11 Å². The van der Waals surface area contributed by atoms with Crippen LogP contribution in [-0.2, 0) is 12.8 Å². The van der Waals surface area contributed by atoms with Crippen LogP contribution in [0.5, 0.6) is 5.75 Å². The minimum absolute atomic E-state index is 0.322. The highest BCUT2D eigenvalue weighted by Gasteiger charge is 2.38. The number of hydrogen-bond acceptors (Lipinski definition) is 3. The summed E-state index contributed by atoms with van der Waals surface area (Å²) in [6.07, 6.45) is 9.34. The van der Waals surface area contributed by atoms with Gasteiger partial charge in [0.15, 0.2) is 0 Å². The van der Waals surface area contributed by atoms with Crippen molar-refractivity contribution in [2.75, 3.05) is 0 Å². The third-order valence-corrected chi connectivity index (χ3v) is 6.11. The number of benzene rings is 1. The highest BCUT2D eigenvalue weighted by atomic mass is 32.1. The topological polar surface area (TPSA) is 33.1 Å². The Hall–Kier alpha value is -1.35. The fourth-order valence-electron chi connectivity index (χ4n) is 3.84. The van der Waals surface area contributed by atoms with Gasteiger partial charge in [-0.15, -0.1) is 11.3 Å². The Morgan fingerprint density at radius 3 is 2.80 bits per heavy atom. The minimum atomic E-state index is 0.322. The molecule has 3 heteroatoms. The van der Waals surface area contributed by atoms with Gasteiger partial charge in [0.25, 0.3) is 0 Å². The first-order valence-corrected chi connectivity index (χ1v) is 8.34. The number of nitrogens with zero attached hydrogens (tertiary/aromatic N) is 1. The van der Waals surface area contributed by atoms with E-state index in [0.717, 1.165) is 17.0 Å². The Morgan fingerprint density at radius 2 is 2.00 bits per heavy atom. The van der Waals surface area contributed by atoms with Crippen molar-refractivity contribution >= 4 is 11.3 Å². The number of fused-ring (bicyclic) bond motifs is 1. The molecule has 2 aliphatic carbocycles. The molecule has 0 bridgehead atoms. The number of phenols is 1. The van der Waals surface area contributed by atoms with Crippen LogP contribution in [0.4, 0.5) is 0 Å². The molecule has 2 aromatic rings. The van der Waals surface area contributed by atoms with Crippen LogP contribution < -0.4 is 0 Å². The van der Waals surface area contributed by atoms with E-state index in [0.29, 0.717) is 11.2 Å². The smallest absolute Gasteiger partial charge is 0.124 e. The predicted molar refractivity (Wildman–Crippen MR) is 82.1 cm³/mol. The molecular weight excluding hydrogens is 266 g/mol. The van der Waals surface area contributed by atoms with Gasteiger partial charge in [-0.3, -0.25) is 0 Å². The van der Waals surface area contributed by atoms with E-state index in [1.807, 2.05) is 29.5 Å². The van der Waals surface area contributed by atoms with Gasteiger partial charge in [0.2, 0.25) is 0 Å². The minimum Gasteiger partial charge on any atom is -0.508 e. The molecule has 1 aromatic heterocycles. The summed E-state index contributed by atoms with van der Waals surface area (Å²) >= 11 is 1.84. The molecule has 0 atom stereocenters. The quantitative estimate of drug-likeness (QED) is 0.833. The third kappa shape index (κ3) is 2.05. The molecule has 0 unspecified atom stereocenters. The van der Waals surface area contributed by atoms with Crippen molar-refractivity contribution < 1.29 is 5.11 Å². The zero-order valence-electron chi connectivity index (χ0n) is 11.6. The molecule has 1 heterocycles. The molecule has 1 spiro atoms. The summed E-state index contributed by atoms with van der Waals surface area (Å²) in [4.78, 5) is 6.32. The molecule has 0 radical (unpaired) electrons. The molecule has 1 aromatic carbocycles. The maximum absolute atomic E-state index is 9.62. The second-order valence-corrected chi connectivity index (χ2v) is 7.41. The average Bonchev–Trinajstić information content (AvgIpc) is 3.06. The van der Waals surface area contributed by atoms with E-state index in [1.165, 1.54) is 49.1 Å². The number of phenolic OH excluding ortho intramolecular Hbond substituents is 1. The van der Waals surface area contributed by atoms with E-state index in [-0.39, 0.29) is 0 Å². The van der Waals surface area contributed by atoms with Crippen LogP contribution in [0.15, 0.2) is 24.3 Å². The number of hydrogen-bond donors (Lipinski definition) is 1. The Bertz CT molecular complexity index is 640. The van der Waals surface area contributed by atoms with E-state index < -0.39 is 0 Å². The van der Waals surface area contributed by atoms with Gasteiger partial charge in [0.05, 0.1) is 5.69 Å². The van der Waals surface area contributed by atoms with Crippen LogP contribution >= 0.6 is 11.3 Å². The summed E-state index contributed by atoms with van der Waals surface area (Å²) in [6.45, 7) is 0. The van der Waals surface area contributed by atoms with Crippen molar-refractivity contribution in [3.05, 3.63) is 34.8 Å². The van der Waals surface area contributed by atoms with Gasteiger partial charge in [-0.1, -0.05) is 25.0 Å². The van der Waals surface area contributed by atoms with E-state index in [2.05, 4.69) is 0 Å². The van der Waals surface area contributed by atoms with Crippen molar-refractivity contribution in [2.24, 2.45) is 5.41 Å². The second-order valence-electron chi connectivity index (χ2n) is 6.32. The summed E-state index contributed by atoms with van der Waals surface area (Å²) < 4.78 is 0. The summed E-state index contributed by atoms with van der Waals surface area (Å²) in [5.74, 6) is 0.322. The first-order chi connectivity index (χ1) is 9.74. The molecule has 1 fully saturated rings. The van der Waals surface area contributed by atoms with E-state index in [1.54, 1.807) is 6.07 Å². The van der Waals surface area contributed by atoms with Gasteiger partial charge >= 0.3 is 0 Å². The highest BCUT2D eigenvalue weighted by Crippen LogP contribution is 2.49. The fraction of sp³-hybridized carbons (Fsp3) is 0.471. The summed E-state index contributed by atoms with van der Waals surface area (Å²) in [5.41, 5.74) is 2.95. The van der Waals surface area contributed by atoms with Crippen LogP contribution in [0.3, 0.4) is 0 Å². The summed E-state index contributed by atoms with van der Waals surface area (Å²) in [5, 5.41) is 10.7. The lowest BCUT2D eigenvalue weighted by Gasteiger charge is -2.32. The predicted octanol–water partition coefficient (Wildman–Crippen LogP) is 4.56. The largest absolute Gasteiger partial charge is 0.508 e. The van der Waals surface area contributed by atoms with Gasteiger partial charge < -0.3 is 5.11 Å². The van der Waals surface area contributed by atoms with Gasteiger partial charge in [0.1, 0.15) is 10.8 Å². The maximum atomic E-state index is 9.62. The Kier molecular flexibility index (Phi) is 2.84. The average molecular weight is 285 g/mol. The first kappa shape index (κ1) is 12.4. The molecule has 0 amide bonds. The molecule has 1 N–H and O–H groups in total. The van der Waals surface area contributed by atoms with E-state index in [4.69, 9.17) is 4.98 Å². The van der Waals surface area contributed by atoms with Crippen LogP contribution in [0.25, 0.3) is 10.6 Å². The lowest BCUT2D eigenvalue weighted by atomic mass is 9.74. The third-order valence-electron chi connectivity index (χ3n) is 4.96. The highest BCUT2D eigenvalue weighted by molar-refractivity contribution is 7.15. The van der Waals surface area contributed by atoms with Crippen molar-refractivity contribution in [3.8, 4) is 16.3 Å². The zero-order chi connectivity index (χ0) is 13.6. The van der Waals surface area contributed by atoms with Crippen LogP contribution in [0, 0.1) is 5.41 Å². The fourth-order valence-corrected chi connectivity index (χ4v) is 5.12. The molecule has 0 saturated heterocycles. The summed E-state index contributed by atoms with van der Waals surface area (Å²) in [7, 11) is 0. The summed E-state index contributed by atoms with van der Waals surface area (Å²) in [6, 6.07) is 7.46. The van der Waals surface area contributed by atoms with Gasteiger partial charge in [0, 0.05) is 10.4 Å². The number of aromatic nitrogens is 1. The zero-order valence-corrected chi connectivity index (χ0v) is 12.4. The molecule has 2 aliphatic rings. The molecule has 4 rings (SSSR count). The van der Waals surface area contributed by atoms with Gasteiger partial charge in [-0.05, 0) is 49.7 Å². The molecular formula is C17H19NOS. The van der Waals surface area contributed by atoms with Crippen molar-refractivity contribution in [2.45, 2.75) is 44.9 Å². The van der Waals surface area contributed by atoms with Gasteiger partial charge in [-0.25, -0.2) is 4.98 Å². The molecule has 104 valence electrons. The van der Waals surface area contributed by atoms with Gasteiger partial charge in [-0.2, -0.15) is 0 Å². The van der Waals surface area contributed by atoms with Crippen LogP contribution in [0.1, 0.15) is 42.7 Å². The SMILES string of the molecule is Oc1cccc(-c2nc3c(s2)CC2(CCCC2)CC3)c1. The number of aromatic hydroxyl groups is 1. The molecule has 0 aliphatic heterocycles. The molecule has 20 heavy (non-hydrogen) atoms. The Balaban J connectivity index is 1.68. The van der Waals surface area contributed by atoms with Crippen molar-refractivity contribution in [3.63, 3.8) is 0 Å². The Morgan fingerprint density at radius 1 is 1.15 bits per heavy atom. The first-order valence-electron chi connectivity index (χ1n) is 7.52. The lowest BCUT2D eigenvalue weighted by molar-refractivity contribution is 0.256. The van der Waals surface area contributed by atoms with Crippen molar-refractivity contribution in [1.29, 1.82) is 0 Å². The maximum Gasteiger partial charge on any atom is 0.124 e. The normalized spacial score (nSPS) is 20.2. The number of aryl methyl sites for hydroxylation is 1. The number of thiazole rings is 1. The lowest BCUT2D eigenvalue weighted by Crippen LogP contribution is -2.24. The van der Waals surface area contributed by atoms with Crippen LogP contribution in [0.2, 0.25) is 0 Å². The van der Waals surface area contributed by atoms with Crippen molar-refractivity contribution in [1.82, 2.24) is 4.98 Å². The standard InChI is InChI=1S/C17H19NOS/c19-13-5-3-4-12(10-13)16-18-14-6-9-17(7-1-2-8-17)11-15(14)20-16/h3-5,10,19H,1-2,6-9,11H2. The Labute approximate surface area is 123 Å². The van der Waals surface area contributed by atoms with Crippen LogP contribution in [-0.4, -0.2) is 10.1 Å². The number of rotatable bonds is 1. The van der Waals surface area contributed by atoms with E-state index >= 15 is 0 Å². The molecule has 1 saturated carbocycles.